The second-order valence-electron chi connectivity index (χ2n) is 7.11. The maximum absolute atomic E-state index is 12.8. The van der Waals surface area contributed by atoms with Crippen LogP contribution < -0.4 is 10.1 Å². The molecular weight excluding hydrogens is 390 g/mol. The zero-order chi connectivity index (χ0) is 20.9. The number of amides is 1. The van der Waals surface area contributed by atoms with Crippen LogP contribution in [0.4, 0.5) is 0 Å². The lowest BCUT2D eigenvalue weighted by Crippen LogP contribution is -2.42. The van der Waals surface area contributed by atoms with Crippen LogP contribution in [0.15, 0.2) is 47.5 Å². The van der Waals surface area contributed by atoms with Crippen molar-refractivity contribution in [2.45, 2.75) is 38.1 Å². The van der Waals surface area contributed by atoms with Crippen molar-refractivity contribution >= 4 is 15.9 Å². The Morgan fingerprint density at radius 1 is 1.21 bits per heavy atom. The number of nitrogens with zero attached hydrogens (tertiary/aromatic N) is 2. The molecule has 3 rings (SSSR count). The van der Waals surface area contributed by atoms with Gasteiger partial charge in [-0.15, -0.1) is 0 Å². The number of ether oxygens (including phenoxy) is 1. The summed E-state index contributed by atoms with van der Waals surface area (Å²) in [5.41, 5.74) is 1.84. The monoisotopic (exact) mass is 417 g/mol. The van der Waals surface area contributed by atoms with Crippen LogP contribution in [0.5, 0.6) is 5.88 Å². The molecule has 1 aliphatic rings. The van der Waals surface area contributed by atoms with Crippen LogP contribution in [0.3, 0.4) is 0 Å². The quantitative estimate of drug-likeness (QED) is 0.748. The SMILES string of the molecule is CCOc1ncccc1CNC(=O)C1CCN(S(=O)(=O)c2ccc(C)cc2)CC1. The number of carbonyl (C=O) groups excluding carboxylic acids is 1. The summed E-state index contributed by atoms with van der Waals surface area (Å²) in [6, 6.07) is 10.5. The highest BCUT2D eigenvalue weighted by atomic mass is 32.2. The number of benzene rings is 1. The Hall–Kier alpha value is -2.45. The van der Waals surface area contributed by atoms with Crippen LogP contribution in [0.2, 0.25) is 0 Å². The Labute approximate surface area is 172 Å². The lowest BCUT2D eigenvalue weighted by atomic mass is 9.97. The number of piperidine rings is 1. The van der Waals surface area contributed by atoms with Crippen LogP contribution in [-0.4, -0.2) is 43.3 Å². The van der Waals surface area contributed by atoms with Crippen molar-refractivity contribution in [2.24, 2.45) is 5.92 Å². The summed E-state index contributed by atoms with van der Waals surface area (Å²) in [7, 11) is -3.52. The van der Waals surface area contributed by atoms with E-state index in [1.54, 1.807) is 36.5 Å². The number of nitrogens with one attached hydrogen (secondary N) is 1. The molecule has 1 aliphatic heterocycles. The molecule has 0 spiro atoms. The van der Waals surface area contributed by atoms with Gasteiger partial charge in [-0.05, 0) is 44.9 Å². The summed E-state index contributed by atoms with van der Waals surface area (Å²) in [4.78, 5) is 17.0. The lowest BCUT2D eigenvalue weighted by molar-refractivity contribution is -0.126. The van der Waals surface area contributed by atoms with Gasteiger partial charge in [-0.25, -0.2) is 13.4 Å². The number of sulfonamides is 1. The molecule has 1 amide bonds. The number of rotatable bonds is 7. The Morgan fingerprint density at radius 3 is 2.55 bits per heavy atom. The Morgan fingerprint density at radius 2 is 1.90 bits per heavy atom. The van der Waals surface area contributed by atoms with E-state index < -0.39 is 10.0 Å². The minimum absolute atomic E-state index is 0.0660. The van der Waals surface area contributed by atoms with E-state index in [0.717, 1.165) is 11.1 Å². The molecular formula is C21H27N3O4S. The fraction of sp³-hybridized carbons (Fsp3) is 0.429. The smallest absolute Gasteiger partial charge is 0.243 e. The van der Waals surface area contributed by atoms with Gasteiger partial charge in [0.1, 0.15) is 0 Å². The molecule has 0 unspecified atom stereocenters. The first-order valence-corrected chi connectivity index (χ1v) is 11.3. The average molecular weight is 418 g/mol. The van der Waals surface area contributed by atoms with Crippen LogP contribution >= 0.6 is 0 Å². The van der Waals surface area contributed by atoms with Crippen molar-refractivity contribution in [3.05, 3.63) is 53.7 Å². The molecule has 1 N–H and O–H groups in total. The van der Waals surface area contributed by atoms with Crippen molar-refractivity contribution < 1.29 is 17.9 Å². The van der Waals surface area contributed by atoms with Gasteiger partial charge in [0.05, 0.1) is 11.5 Å². The van der Waals surface area contributed by atoms with Crippen LogP contribution in [-0.2, 0) is 21.4 Å². The van der Waals surface area contributed by atoms with Crippen LogP contribution in [0.1, 0.15) is 30.9 Å². The van der Waals surface area contributed by atoms with Crippen molar-refractivity contribution in [1.29, 1.82) is 0 Å². The van der Waals surface area contributed by atoms with Gasteiger partial charge in [0.2, 0.25) is 21.8 Å². The molecule has 0 saturated carbocycles. The van der Waals surface area contributed by atoms with E-state index >= 15 is 0 Å². The number of hydrogen-bond donors (Lipinski definition) is 1. The van der Waals surface area contributed by atoms with Crippen molar-refractivity contribution in [1.82, 2.24) is 14.6 Å². The number of hydrogen-bond acceptors (Lipinski definition) is 5. The summed E-state index contributed by atoms with van der Waals surface area (Å²) in [5, 5.41) is 2.93. The van der Waals surface area contributed by atoms with Gasteiger partial charge in [0.15, 0.2) is 0 Å². The topological polar surface area (TPSA) is 88.6 Å². The normalized spacial score (nSPS) is 15.8. The molecule has 8 heteroatoms. The highest BCUT2D eigenvalue weighted by molar-refractivity contribution is 7.89. The predicted molar refractivity (Wildman–Crippen MR) is 110 cm³/mol. The summed E-state index contributed by atoms with van der Waals surface area (Å²) in [6.07, 6.45) is 2.66. The molecule has 0 radical (unpaired) electrons. The summed E-state index contributed by atoms with van der Waals surface area (Å²) in [6.45, 7) is 5.32. The largest absolute Gasteiger partial charge is 0.478 e. The van der Waals surface area contributed by atoms with Crippen LogP contribution in [0, 0.1) is 12.8 Å². The van der Waals surface area contributed by atoms with E-state index in [0.29, 0.717) is 49.9 Å². The molecule has 0 atom stereocenters. The van der Waals surface area contributed by atoms with Gasteiger partial charge in [-0.3, -0.25) is 4.79 Å². The molecule has 7 nitrogen and oxygen atoms in total. The molecule has 1 saturated heterocycles. The van der Waals surface area contributed by atoms with Crippen molar-refractivity contribution in [2.75, 3.05) is 19.7 Å². The third-order valence-corrected chi connectivity index (χ3v) is 6.98. The van der Waals surface area contributed by atoms with E-state index in [4.69, 9.17) is 4.74 Å². The lowest BCUT2D eigenvalue weighted by Gasteiger charge is -2.30. The van der Waals surface area contributed by atoms with Crippen molar-refractivity contribution in [3.8, 4) is 5.88 Å². The van der Waals surface area contributed by atoms with Crippen molar-refractivity contribution in [3.63, 3.8) is 0 Å². The Balaban J connectivity index is 1.55. The first-order valence-electron chi connectivity index (χ1n) is 9.83. The second kappa shape index (κ2) is 9.37. The van der Waals surface area contributed by atoms with Crippen LogP contribution in [0.25, 0.3) is 0 Å². The third kappa shape index (κ3) is 5.13. The minimum Gasteiger partial charge on any atom is -0.478 e. The van der Waals surface area contributed by atoms with E-state index in [2.05, 4.69) is 10.3 Å². The Bertz CT molecular complexity index is 937. The molecule has 0 aliphatic carbocycles. The highest BCUT2D eigenvalue weighted by Gasteiger charge is 2.32. The van der Waals surface area contributed by atoms with E-state index in [9.17, 15) is 13.2 Å². The molecule has 29 heavy (non-hydrogen) atoms. The molecule has 1 fully saturated rings. The van der Waals surface area contributed by atoms with Gasteiger partial charge in [0, 0.05) is 37.3 Å². The summed E-state index contributed by atoms with van der Waals surface area (Å²) < 4.78 is 32.5. The van der Waals surface area contributed by atoms with E-state index in [-0.39, 0.29) is 11.8 Å². The highest BCUT2D eigenvalue weighted by Crippen LogP contribution is 2.24. The van der Waals surface area contributed by atoms with Gasteiger partial charge in [0.25, 0.3) is 0 Å². The summed E-state index contributed by atoms with van der Waals surface area (Å²) in [5.74, 6) is 0.254. The molecule has 156 valence electrons. The first kappa shape index (κ1) is 21.3. The van der Waals surface area contributed by atoms with E-state index in [1.807, 2.05) is 19.9 Å². The molecule has 2 heterocycles. The molecule has 0 bridgehead atoms. The maximum Gasteiger partial charge on any atom is 0.243 e. The van der Waals surface area contributed by atoms with Gasteiger partial charge in [-0.2, -0.15) is 4.31 Å². The number of aromatic nitrogens is 1. The number of carbonyl (C=O) groups is 1. The average Bonchev–Trinajstić information content (AvgIpc) is 2.73. The number of aryl methyl sites for hydroxylation is 1. The molecule has 1 aromatic heterocycles. The zero-order valence-corrected chi connectivity index (χ0v) is 17.6. The standard InChI is InChI=1S/C21H27N3O4S/c1-3-28-21-18(5-4-12-22-21)15-23-20(25)17-10-13-24(14-11-17)29(26,27)19-8-6-16(2)7-9-19/h4-9,12,17H,3,10-11,13-15H2,1-2H3,(H,23,25). The molecule has 2 aromatic rings. The minimum atomic E-state index is -3.52. The zero-order valence-electron chi connectivity index (χ0n) is 16.8. The predicted octanol–water partition coefficient (Wildman–Crippen LogP) is 2.51. The van der Waals surface area contributed by atoms with Gasteiger partial charge in [-0.1, -0.05) is 23.8 Å². The third-order valence-electron chi connectivity index (χ3n) is 5.07. The second-order valence-corrected chi connectivity index (χ2v) is 9.05. The Kier molecular flexibility index (Phi) is 6.87. The van der Waals surface area contributed by atoms with Gasteiger partial charge < -0.3 is 10.1 Å². The number of pyridine rings is 1. The summed E-state index contributed by atoms with van der Waals surface area (Å²) >= 11 is 0. The molecule has 1 aromatic carbocycles. The van der Waals surface area contributed by atoms with Gasteiger partial charge >= 0.3 is 0 Å². The maximum atomic E-state index is 12.8. The first-order chi connectivity index (χ1) is 13.9. The fourth-order valence-corrected chi connectivity index (χ4v) is 4.84. The fourth-order valence-electron chi connectivity index (χ4n) is 3.37. The van der Waals surface area contributed by atoms with E-state index in [1.165, 1.54) is 4.31 Å².